The number of halogens is 3. The molecule has 0 unspecified atom stereocenters. The summed E-state index contributed by atoms with van der Waals surface area (Å²) in [4.78, 5) is 15.4. The van der Waals surface area contributed by atoms with Crippen LogP contribution in [0.1, 0.15) is 24.1 Å². The van der Waals surface area contributed by atoms with E-state index < -0.39 is 11.6 Å². The molecule has 0 bridgehead atoms. The molecule has 1 atom stereocenters. The third kappa shape index (κ3) is 3.88. The third-order valence-electron chi connectivity index (χ3n) is 6.96. The van der Waals surface area contributed by atoms with E-state index in [2.05, 4.69) is 9.97 Å². The van der Waals surface area contributed by atoms with Crippen LogP contribution in [0.5, 0.6) is 5.75 Å². The van der Waals surface area contributed by atoms with Gasteiger partial charge in [0.15, 0.2) is 16.7 Å². The average molecular weight is 596 g/mol. The molecule has 4 N–H and O–H groups in total. The lowest BCUT2D eigenvalue weighted by molar-refractivity contribution is 0.328. The molecule has 0 amide bonds. The molecule has 202 valence electrons. The van der Waals surface area contributed by atoms with Crippen molar-refractivity contribution < 1.29 is 13.5 Å². The number of thioether (sulfide) groups is 1. The fraction of sp³-hybridized carbons (Fsp3) is 0.185. The van der Waals surface area contributed by atoms with Crippen molar-refractivity contribution in [2.75, 3.05) is 35.8 Å². The van der Waals surface area contributed by atoms with Gasteiger partial charge in [0.05, 0.1) is 33.3 Å². The predicted molar refractivity (Wildman–Crippen MR) is 156 cm³/mol. The Bertz CT molecular complexity index is 1890. The second-order valence-corrected chi connectivity index (χ2v) is 11.2. The minimum atomic E-state index is -0.747. The summed E-state index contributed by atoms with van der Waals surface area (Å²) >= 11 is 9.09. The number of ether oxygens (including phenoxy) is 1. The van der Waals surface area contributed by atoms with Crippen molar-refractivity contribution in [1.82, 2.24) is 15.0 Å². The molecule has 13 heteroatoms. The number of hydrogen-bond acceptors (Lipinski definition) is 10. The van der Waals surface area contributed by atoms with Gasteiger partial charge >= 0.3 is 0 Å². The summed E-state index contributed by atoms with van der Waals surface area (Å²) < 4.78 is 37.7. The number of anilines is 3. The number of pyridine rings is 1. The molecule has 8 nitrogen and oxygen atoms in total. The first-order chi connectivity index (χ1) is 19.3. The molecule has 40 heavy (non-hydrogen) atoms. The van der Waals surface area contributed by atoms with Crippen molar-refractivity contribution in [3.05, 3.63) is 58.2 Å². The number of rotatable bonds is 4. The van der Waals surface area contributed by atoms with E-state index in [4.69, 9.17) is 32.8 Å². The van der Waals surface area contributed by atoms with Crippen molar-refractivity contribution in [3.63, 3.8) is 0 Å². The number of hydrogen-bond donors (Lipinski definition) is 2. The highest BCUT2D eigenvalue weighted by atomic mass is 35.5. The van der Waals surface area contributed by atoms with Gasteiger partial charge in [0, 0.05) is 22.7 Å². The van der Waals surface area contributed by atoms with Gasteiger partial charge in [-0.1, -0.05) is 35.5 Å². The molecule has 0 aliphatic carbocycles. The maximum atomic E-state index is 16.7. The standard InChI is InChI=1S/C27H20ClF2N7OS2/c1-11(12-4-3-7-34-24(12)32)37-8-9-38-22-18-21(35-27(39-2)36-26(18)37)20(30)17(19(22)28)13-5-6-15(29)23-16(13)14(10-31)25(33)40-23/h3-7,11H,8-9,33H2,1-2H3,(H2,32,34)/t11-/m1/s1. The van der Waals surface area contributed by atoms with E-state index in [-0.39, 0.29) is 60.7 Å². The Labute approximate surface area is 240 Å². The van der Waals surface area contributed by atoms with Crippen LogP contribution in [0.25, 0.3) is 32.1 Å². The molecule has 0 saturated heterocycles. The summed E-state index contributed by atoms with van der Waals surface area (Å²) in [5.41, 5.74) is 13.2. The van der Waals surface area contributed by atoms with Crippen LogP contribution in [0.15, 0.2) is 35.6 Å². The van der Waals surface area contributed by atoms with Gasteiger partial charge < -0.3 is 21.1 Å². The van der Waals surface area contributed by atoms with Gasteiger partial charge in [0.1, 0.15) is 40.6 Å². The van der Waals surface area contributed by atoms with E-state index in [9.17, 15) is 9.65 Å². The zero-order chi connectivity index (χ0) is 28.3. The van der Waals surface area contributed by atoms with Crippen LogP contribution in [0.2, 0.25) is 5.02 Å². The third-order valence-corrected chi connectivity index (χ3v) is 8.90. The van der Waals surface area contributed by atoms with Crippen molar-refractivity contribution in [1.29, 1.82) is 5.26 Å². The zero-order valence-electron chi connectivity index (χ0n) is 21.1. The van der Waals surface area contributed by atoms with Crippen LogP contribution >= 0.6 is 34.7 Å². The summed E-state index contributed by atoms with van der Waals surface area (Å²) in [5, 5.41) is 10.7. The maximum absolute atomic E-state index is 16.7. The van der Waals surface area contributed by atoms with Gasteiger partial charge in [-0.25, -0.2) is 23.7 Å². The fourth-order valence-corrected chi connectivity index (χ4v) is 6.74. The molecule has 5 aromatic rings. The van der Waals surface area contributed by atoms with Crippen LogP contribution in [0.4, 0.5) is 25.4 Å². The van der Waals surface area contributed by atoms with Crippen LogP contribution in [-0.2, 0) is 0 Å². The Morgan fingerprint density at radius 2 is 2.02 bits per heavy atom. The minimum absolute atomic E-state index is 0.0128. The topological polar surface area (TPSA) is 127 Å². The molecule has 0 spiro atoms. The lowest BCUT2D eigenvalue weighted by Gasteiger charge is -2.30. The van der Waals surface area contributed by atoms with Gasteiger partial charge in [0.2, 0.25) is 0 Å². The van der Waals surface area contributed by atoms with E-state index in [1.165, 1.54) is 23.9 Å². The first kappa shape index (κ1) is 26.3. The second-order valence-electron chi connectivity index (χ2n) is 9.04. The van der Waals surface area contributed by atoms with E-state index in [0.717, 1.165) is 16.9 Å². The molecule has 0 saturated carbocycles. The Morgan fingerprint density at radius 1 is 1.23 bits per heavy atom. The maximum Gasteiger partial charge on any atom is 0.189 e. The van der Waals surface area contributed by atoms with E-state index in [1.807, 2.05) is 24.0 Å². The van der Waals surface area contributed by atoms with Crippen LogP contribution in [0, 0.1) is 23.0 Å². The van der Waals surface area contributed by atoms with Crippen LogP contribution < -0.4 is 21.1 Å². The van der Waals surface area contributed by atoms with Gasteiger partial charge in [0.25, 0.3) is 0 Å². The normalized spacial score (nSPS) is 13.8. The smallest absolute Gasteiger partial charge is 0.189 e. The van der Waals surface area contributed by atoms with E-state index >= 15 is 4.39 Å². The molecular formula is C27H20ClF2N7OS2. The number of nitrogens with zero attached hydrogens (tertiary/aromatic N) is 5. The summed E-state index contributed by atoms with van der Waals surface area (Å²) in [5.74, 6) is -0.310. The summed E-state index contributed by atoms with van der Waals surface area (Å²) in [7, 11) is 0. The molecule has 6 rings (SSSR count). The number of aromatic nitrogens is 3. The largest absolute Gasteiger partial charge is 0.489 e. The minimum Gasteiger partial charge on any atom is -0.489 e. The number of thiophene rings is 1. The molecule has 0 fully saturated rings. The highest BCUT2D eigenvalue weighted by Gasteiger charge is 2.33. The van der Waals surface area contributed by atoms with Crippen molar-refractivity contribution in [2.45, 2.75) is 18.1 Å². The Balaban J connectivity index is 1.68. The van der Waals surface area contributed by atoms with Crippen molar-refractivity contribution >= 4 is 72.3 Å². The molecular weight excluding hydrogens is 576 g/mol. The van der Waals surface area contributed by atoms with Crippen LogP contribution in [-0.4, -0.2) is 34.4 Å². The first-order valence-corrected chi connectivity index (χ1v) is 14.5. The predicted octanol–water partition coefficient (Wildman–Crippen LogP) is 6.56. The molecule has 4 heterocycles. The summed E-state index contributed by atoms with van der Waals surface area (Å²) in [6.45, 7) is 2.54. The van der Waals surface area contributed by atoms with Gasteiger partial charge in [-0.05, 0) is 30.9 Å². The van der Waals surface area contributed by atoms with Gasteiger partial charge in [-0.3, -0.25) is 0 Å². The van der Waals surface area contributed by atoms with Gasteiger partial charge in [-0.15, -0.1) is 11.3 Å². The molecule has 3 aromatic heterocycles. The fourth-order valence-electron chi connectivity index (χ4n) is 5.09. The average Bonchev–Trinajstić information content (AvgIpc) is 3.17. The second kappa shape index (κ2) is 9.92. The quantitative estimate of drug-likeness (QED) is 0.175. The van der Waals surface area contributed by atoms with E-state index in [0.29, 0.717) is 28.7 Å². The number of fused-ring (bicyclic) bond motifs is 1. The SMILES string of the molecule is CSc1nc2c3c(c(Cl)c(-c4ccc(F)c5sc(N)c(C#N)c45)c(F)c3n1)OCCN2[C@H](C)c1cccnc1N. The highest BCUT2D eigenvalue weighted by Crippen LogP contribution is 2.51. The lowest BCUT2D eigenvalue weighted by atomic mass is 9.96. The molecule has 1 aliphatic rings. The van der Waals surface area contributed by atoms with E-state index in [1.54, 1.807) is 18.5 Å². The Kier molecular flexibility index (Phi) is 6.53. The number of benzene rings is 2. The number of nitriles is 1. The lowest BCUT2D eigenvalue weighted by Crippen LogP contribution is -2.31. The Hall–Kier alpha value is -3.92. The molecule has 2 aromatic carbocycles. The molecule has 0 radical (unpaired) electrons. The van der Waals surface area contributed by atoms with Crippen molar-refractivity contribution in [2.24, 2.45) is 0 Å². The molecule has 1 aliphatic heterocycles. The van der Waals surface area contributed by atoms with Crippen molar-refractivity contribution in [3.8, 4) is 22.9 Å². The monoisotopic (exact) mass is 595 g/mol. The summed E-state index contributed by atoms with van der Waals surface area (Å²) in [6, 6.07) is 8.00. The Morgan fingerprint density at radius 3 is 2.75 bits per heavy atom. The zero-order valence-corrected chi connectivity index (χ0v) is 23.5. The number of nitrogen functional groups attached to an aromatic ring is 2. The summed E-state index contributed by atoms with van der Waals surface area (Å²) in [6.07, 6.45) is 3.41. The first-order valence-electron chi connectivity index (χ1n) is 12.0. The van der Waals surface area contributed by atoms with Gasteiger partial charge in [-0.2, -0.15) is 5.26 Å². The highest BCUT2D eigenvalue weighted by molar-refractivity contribution is 7.98. The van der Waals surface area contributed by atoms with Crippen LogP contribution in [0.3, 0.4) is 0 Å². The number of nitrogens with two attached hydrogens (primary N) is 2.